The number of hydrogen-bond donors (Lipinski definition) is 1. The topological polar surface area (TPSA) is 55.0 Å². The molecule has 1 fully saturated rings. The van der Waals surface area contributed by atoms with Crippen LogP contribution in [-0.2, 0) is 6.42 Å². The zero-order valence-corrected chi connectivity index (χ0v) is 9.09. The molecule has 4 nitrogen and oxygen atoms in total. The fourth-order valence-corrected chi connectivity index (χ4v) is 2.57. The van der Waals surface area contributed by atoms with E-state index in [1.807, 2.05) is 0 Å². The zero-order chi connectivity index (χ0) is 9.80. The fraction of sp³-hybridized carbons (Fsp3) is 0.778. The molecule has 2 heterocycles. The largest absolute Gasteiger partial charge is 0.347 e. The summed E-state index contributed by atoms with van der Waals surface area (Å²) in [5.74, 6) is 0. The SMILES string of the molecule is NCCCc1nnc(N2CCCC2)s1. The molecule has 0 saturated carbocycles. The third-order valence-corrected chi connectivity index (χ3v) is 3.47. The molecular weight excluding hydrogens is 196 g/mol. The van der Waals surface area contributed by atoms with Gasteiger partial charge in [-0.05, 0) is 25.8 Å². The van der Waals surface area contributed by atoms with Crippen LogP contribution in [0.4, 0.5) is 5.13 Å². The van der Waals surface area contributed by atoms with Crippen LogP contribution in [0.15, 0.2) is 0 Å². The zero-order valence-electron chi connectivity index (χ0n) is 8.28. The smallest absolute Gasteiger partial charge is 0.208 e. The molecule has 1 aromatic heterocycles. The third-order valence-electron chi connectivity index (χ3n) is 2.43. The first-order valence-electron chi connectivity index (χ1n) is 5.17. The van der Waals surface area contributed by atoms with E-state index in [1.165, 1.54) is 12.8 Å². The Labute approximate surface area is 88.1 Å². The second-order valence-corrected chi connectivity index (χ2v) is 4.61. The molecule has 2 rings (SSSR count). The van der Waals surface area contributed by atoms with E-state index in [9.17, 15) is 0 Å². The van der Waals surface area contributed by atoms with Crippen LogP contribution < -0.4 is 10.6 Å². The maximum absolute atomic E-state index is 5.45. The molecular formula is C9H16N4S. The van der Waals surface area contributed by atoms with Crippen LogP contribution in [0.5, 0.6) is 0 Å². The molecule has 0 radical (unpaired) electrons. The lowest BCUT2D eigenvalue weighted by molar-refractivity contribution is 0.809. The van der Waals surface area contributed by atoms with E-state index in [0.717, 1.165) is 42.6 Å². The van der Waals surface area contributed by atoms with E-state index in [-0.39, 0.29) is 0 Å². The Morgan fingerprint density at radius 3 is 2.79 bits per heavy atom. The van der Waals surface area contributed by atoms with E-state index >= 15 is 0 Å². The number of aryl methyl sites for hydroxylation is 1. The normalized spacial score (nSPS) is 16.5. The van der Waals surface area contributed by atoms with Crippen LogP contribution in [0.1, 0.15) is 24.3 Å². The van der Waals surface area contributed by atoms with Crippen molar-refractivity contribution >= 4 is 16.5 Å². The highest BCUT2D eigenvalue weighted by atomic mass is 32.1. The van der Waals surface area contributed by atoms with Gasteiger partial charge in [0.15, 0.2) is 0 Å². The van der Waals surface area contributed by atoms with Crippen LogP contribution in [-0.4, -0.2) is 29.8 Å². The average Bonchev–Trinajstić information content (AvgIpc) is 2.85. The lowest BCUT2D eigenvalue weighted by Crippen LogP contribution is -2.17. The quantitative estimate of drug-likeness (QED) is 0.810. The van der Waals surface area contributed by atoms with Gasteiger partial charge < -0.3 is 10.6 Å². The van der Waals surface area contributed by atoms with E-state index in [1.54, 1.807) is 11.3 Å². The van der Waals surface area contributed by atoms with E-state index < -0.39 is 0 Å². The molecule has 2 N–H and O–H groups in total. The molecule has 1 aliphatic rings. The molecule has 1 aromatic rings. The summed E-state index contributed by atoms with van der Waals surface area (Å²) in [5, 5.41) is 10.6. The summed E-state index contributed by atoms with van der Waals surface area (Å²) in [6.45, 7) is 3.02. The summed E-state index contributed by atoms with van der Waals surface area (Å²) in [6.07, 6.45) is 4.56. The molecule has 0 aromatic carbocycles. The monoisotopic (exact) mass is 212 g/mol. The minimum absolute atomic E-state index is 0.735. The second kappa shape index (κ2) is 4.70. The lowest BCUT2D eigenvalue weighted by atomic mass is 10.3. The van der Waals surface area contributed by atoms with Gasteiger partial charge in [-0.2, -0.15) is 0 Å². The number of anilines is 1. The van der Waals surface area contributed by atoms with Crippen molar-refractivity contribution in [3.63, 3.8) is 0 Å². The number of rotatable bonds is 4. The highest BCUT2D eigenvalue weighted by Gasteiger charge is 2.16. The maximum atomic E-state index is 5.45. The summed E-state index contributed by atoms with van der Waals surface area (Å²) in [5.41, 5.74) is 5.45. The van der Waals surface area contributed by atoms with E-state index in [2.05, 4.69) is 15.1 Å². The predicted molar refractivity (Wildman–Crippen MR) is 58.7 cm³/mol. The van der Waals surface area contributed by atoms with Crippen LogP contribution in [0.2, 0.25) is 0 Å². The van der Waals surface area contributed by atoms with Crippen molar-refractivity contribution in [2.45, 2.75) is 25.7 Å². The lowest BCUT2D eigenvalue weighted by Gasteiger charge is -2.10. The van der Waals surface area contributed by atoms with Gasteiger partial charge in [-0.3, -0.25) is 0 Å². The molecule has 0 atom stereocenters. The summed E-state index contributed by atoms with van der Waals surface area (Å²) >= 11 is 1.72. The molecule has 0 bridgehead atoms. The highest BCUT2D eigenvalue weighted by molar-refractivity contribution is 7.15. The molecule has 1 aliphatic heterocycles. The van der Waals surface area contributed by atoms with Crippen molar-refractivity contribution in [1.29, 1.82) is 0 Å². The van der Waals surface area contributed by atoms with Gasteiger partial charge >= 0.3 is 0 Å². The third kappa shape index (κ3) is 2.22. The van der Waals surface area contributed by atoms with Gasteiger partial charge in [0.1, 0.15) is 5.01 Å². The summed E-state index contributed by atoms with van der Waals surface area (Å²) in [6, 6.07) is 0. The number of nitrogens with zero attached hydrogens (tertiary/aromatic N) is 3. The first-order chi connectivity index (χ1) is 6.90. The fourth-order valence-electron chi connectivity index (χ4n) is 1.64. The van der Waals surface area contributed by atoms with Crippen LogP contribution in [0.3, 0.4) is 0 Å². The van der Waals surface area contributed by atoms with Gasteiger partial charge in [-0.15, -0.1) is 10.2 Å². The summed E-state index contributed by atoms with van der Waals surface area (Å²) in [4.78, 5) is 2.32. The summed E-state index contributed by atoms with van der Waals surface area (Å²) < 4.78 is 0. The Hall–Kier alpha value is -0.680. The Kier molecular flexibility index (Phi) is 3.31. The average molecular weight is 212 g/mol. The standard InChI is InChI=1S/C9H16N4S/c10-5-3-4-8-11-12-9(14-8)13-6-1-2-7-13/h1-7,10H2. The second-order valence-electron chi connectivity index (χ2n) is 3.56. The predicted octanol–water partition coefficient (Wildman–Crippen LogP) is 1.03. The minimum atomic E-state index is 0.735. The number of aromatic nitrogens is 2. The van der Waals surface area contributed by atoms with Gasteiger partial charge in [0, 0.05) is 19.5 Å². The molecule has 1 saturated heterocycles. The van der Waals surface area contributed by atoms with Crippen molar-refractivity contribution in [3.05, 3.63) is 5.01 Å². The first kappa shape index (κ1) is 9.86. The molecule has 0 spiro atoms. The van der Waals surface area contributed by atoms with Gasteiger partial charge in [0.2, 0.25) is 5.13 Å². The van der Waals surface area contributed by atoms with Crippen LogP contribution >= 0.6 is 11.3 Å². The van der Waals surface area contributed by atoms with E-state index in [4.69, 9.17) is 5.73 Å². The Morgan fingerprint density at radius 1 is 1.29 bits per heavy atom. The van der Waals surface area contributed by atoms with Gasteiger partial charge in [0.25, 0.3) is 0 Å². The van der Waals surface area contributed by atoms with Gasteiger partial charge in [-0.25, -0.2) is 0 Å². The highest BCUT2D eigenvalue weighted by Crippen LogP contribution is 2.24. The minimum Gasteiger partial charge on any atom is -0.347 e. The molecule has 0 aliphatic carbocycles. The van der Waals surface area contributed by atoms with E-state index in [0.29, 0.717) is 0 Å². The van der Waals surface area contributed by atoms with Crippen molar-refractivity contribution < 1.29 is 0 Å². The maximum Gasteiger partial charge on any atom is 0.208 e. The van der Waals surface area contributed by atoms with Crippen molar-refractivity contribution in [3.8, 4) is 0 Å². The molecule has 0 amide bonds. The number of hydrogen-bond acceptors (Lipinski definition) is 5. The van der Waals surface area contributed by atoms with Crippen molar-refractivity contribution in [1.82, 2.24) is 10.2 Å². The van der Waals surface area contributed by atoms with Gasteiger partial charge in [0.05, 0.1) is 0 Å². The first-order valence-corrected chi connectivity index (χ1v) is 5.99. The van der Waals surface area contributed by atoms with Crippen molar-refractivity contribution in [2.75, 3.05) is 24.5 Å². The molecule has 14 heavy (non-hydrogen) atoms. The molecule has 5 heteroatoms. The van der Waals surface area contributed by atoms with Crippen molar-refractivity contribution in [2.24, 2.45) is 5.73 Å². The van der Waals surface area contributed by atoms with Crippen LogP contribution in [0, 0.1) is 0 Å². The Balaban J connectivity index is 1.94. The Bertz CT molecular complexity index is 280. The summed E-state index contributed by atoms with van der Waals surface area (Å²) in [7, 11) is 0. The Morgan fingerprint density at radius 2 is 2.07 bits per heavy atom. The molecule has 0 unspecified atom stereocenters. The molecule has 78 valence electrons. The number of nitrogens with two attached hydrogens (primary N) is 1. The van der Waals surface area contributed by atoms with Crippen LogP contribution in [0.25, 0.3) is 0 Å². The van der Waals surface area contributed by atoms with Gasteiger partial charge in [-0.1, -0.05) is 11.3 Å².